The topological polar surface area (TPSA) is 40.5 Å². The molecule has 3 heteroatoms. The van der Waals surface area contributed by atoms with Crippen LogP contribution in [0.5, 0.6) is 0 Å². The van der Waals surface area contributed by atoms with Gasteiger partial charge in [-0.15, -0.1) is 0 Å². The Morgan fingerprint density at radius 2 is 1.88 bits per heavy atom. The number of rotatable bonds is 5. The first kappa shape index (κ1) is 16.6. The number of carboxylic acid groups (broad SMARTS) is 1. The van der Waals surface area contributed by atoms with Crippen molar-refractivity contribution in [2.24, 2.45) is 0 Å². The maximum absolute atomic E-state index is 11.0. The largest absolute Gasteiger partial charge is 0.481 e. The Kier molecular flexibility index (Phi) is 4.89. The minimum absolute atomic E-state index is 0.0914. The maximum atomic E-state index is 11.0. The van der Waals surface area contributed by atoms with E-state index in [2.05, 4.69) is 54.4 Å². The molecule has 0 bridgehead atoms. The lowest BCUT2D eigenvalue weighted by atomic mass is 9.91. The van der Waals surface area contributed by atoms with Crippen LogP contribution in [0.15, 0.2) is 42.5 Å². The van der Waals surface area contributed by atoms with Gasteiger partial charge in [0.25, 0.3) is 0 Å². The molecule has 1 unspecified atom stereocenters. The molecule has 0 saturated heterocycles. The van der Waals surface area contributed by atoms with E-state index in [0.29, 0.717) is 0 Å². The highest BCUT2D eigenvalue weighted by atomic mass is 16.4. The summed E-state index contributed by atoms with van der Waals surface area (Å²) in [4.78, 5) is 13.3. The third-order valence-corrected chi connectivity index (χ3v) is 5.06. The number of benzene rings is 2. The summed E-state index contributed by atoms with van der Waals surface area (Å²) >= 11 is 0. The van der Waals surface area contributed by atoms with Gasteiger partial charge in [0.2, 0.25) is 0 Å². The first-order valence-corrected chi connectivity index (χ1v) is 8.74. The van der Waals surface area contributed by atoms with E-state index in [1.54, 1.807) is 0 Å². The van der Waals surface area contributed by atoms with Crippen LogP contribution in [0.3, 0.4) is 0 Å². The fourth-order valence-corrected chi connectivity index (χ4v) is 3.62. The molecule has 1 atom stereocenters. The van der Waals surface area contributed by atoms with Gasteiger partial charge in [-0.25, -0.2) is 0 Å². The van der Waals surface area contributed by atoms with Crippen molar-refractivity contribution >= 4 is 11.7 Å². The van der Waals surface area contributed by atoms with Crippen LogP contribution in [-0.2, 0) is 11.2 Å². The molecule has 24 heavy (non-hydrogen) atoms. The summed E-state index contributed by atoms with van der Waals surface area (Å²) in [7, 11) is 2.15. The summed E-state index contributed by atoms with van der Waals surface area (Å²) in [5, 5.41) is 9.04. The number of hydrogen-bond acceptors (Lipinski definition) is 2. The molecular formula is C21H25NO2. The highest BCUT2D eigenvalue weighted by Gasteiger charge is 2.15. The number of carboxylic acids is 1. The molecule has 1 heterocycles. The quantitative estimate of drug-likeness (QED) is 0.866. The van der Waals surface area contributed by atoms with E-state index in [4.69, 9.17) is 5.11 Å². The Morgan fingerprint density at radius 3 is 2.54 bits per heavy atom. The van der Waals surface area contributed by atoms with Gasteiger partial charge in [0, 0.05) is 19.3 Å². The van der Waals surface area contributed by atoms with Crippen molar-refractivity contribution < 1.29 is 9.90 Å². The lowest BCUT2D eigenvalue weighted by Crippen LogP contribution is -2.24. The Bertz CT molecular complexity index is 721. The van der Waals surface area contributed by atoms with Crippen LogP contribution in [0.4, 0.5) is 5.69 Å². The summed E-state index contributed by atoms with van der Waals surface area (Å²) in [6.45, 7) is 3.17. The molecule has 0 amide bonds. The van der Waals surface area contributed by atoms with Crippen molar-refractivity contribution in [1.29, 1.82) is 0 Å². The zero-order chi connectivity index (χ0) is 17.1. The molecule has 3 nitrogen and oxygen atoms in total. The van der Waals surface area contributed by atoms with E-state index in [9.17, 15) is 4.79 Å². The summed E-state index contributed by atoms with van der Waals surface area (Å²) < 4.78 is 0. The number of anilines is 1. The lowest BCUT2D eigenvalue weighted by molar-refractivity contribution is -0.137. The molecule has 1 N–H and O–H groups in total. The van der Waals surface area contributed by atoms with Crippen molar-refractivity contribution in [3.05, 3.63) is 53.6 Å². The van der Waals surface area contributed by atoms with Crippen molar-refractivity contribution in [1.82, 2.24) is 0 Å². The first-order chi connectivity index (χ1) is 11.6. The monoisotopic (exact) mass is 323 g/mol. The van der Waals surface area contributed by atoms with Gasteiger partial charge in [0.15, 0.2) is 0 Å². The first-order valence-electron chi connectivity index (χ1n) is 8.74. The van der Waals surface area contributed by atoms with Gasteiger partial charge in [-0.1, -0.05) is 37.3 Å². The highest BCUT2D eigenvalue weighted by Crippen LogP contribution is 2.32. The molecule has 0 saturated carbocycles. The highest BCUT2D eigenvalue weighted by molar-refractivity contribution is 5.70. The van der Waals surface area contributed by atoms with E-state index in [0.717, 1.165) is 24.9 Å². The van der Waals surface area contributed by atoms with Gasteiger partial charge in [-0.2, -0.15) is 0 Å². The van der Waals surface area contributed by atoms with Gasteiger partial charge in [0.1, 0.15) is 0 Å². The molecule has 126 valence electrons. The lowest BCUT2D eigenvalue weighted by Gasteiger charge is -2.27. The summed E-state index contributed by atoms with van der Waals surface area (Å²) in [5.41, 5.74) is 6.31. The Morgan fingerprint density at radius 1 is 1.17 bits per heavy atom. The number of nitrogens with zero attached hydrogens (tertiary/aromatic N) is 1. The molecule has 0 spiro atoms. The molecular weight excluding hydrogens is 298 g/mol. The van der Waals surface area contributed by atoms with E-state index in [1.165, 1.54) is 28.8 Å². The van der Waals surface area contributed by atoms with Crippen molar-refractivity contribution in [2.45, 2.75) is 38.5 Å². The minimum Gasteiger partial charge on any atom is -0.481 e. The number of fused-ring (bicyclic) bond motifs is 1. The Hall–Kier alpha value is -2.29. The van der Waals surface area contributed by atoms with Crippen molar-refractivity contribution in [3.8, 4) is 11.1 Å². The van der Waals surface area contributed by atoms with Crippen LogP contribution in [0.1, 0.15) is 43.2 Å². The molecule has 1 aliphatic heterocycles. The fraction of sp³-hybridized carbons (Fsp3) is 0.381. The molecule has 0 radical (unpaired) electrons. The summed E-state index contributed by atoms with van der Waals surface area (Å²) in [6, 6.07) is 15.1. The van der Waals surface area contributed by atoms with Crippen LogP contribution in [0.2, 0.25) is 0 Å². The zero-order valence-electron chi connectivity index (χ0n) is 14.5. The normalized spacial score (nSPS) is 15.0. The molecule has 3 rings (SSSR count). The third-order valence-electron chi connectivity index (χ3n) is 5.06. The van der Waals surface area contributed by atoms with E-state index < -0.39 is 5.97 Å². The summed E-state index contributed by atoms with van der Waals surface area (Å²) in [6.07, 6.45) is 3.39. The molecule has 2 aromatic carbocycles. The van der Waals surface area contributed by atoms with Crippen molar-refractivity contribution in [3.63, 3.8) is 0 Å². The summed E-state index contributed by atoms with van der Waals surface area (Å²) in [5.74, 6) is -0.640. The molecule has 0 aliphatic carbocycles. The predicted molar refractivity (Wildman–Crippen MR) is 98.8 cm³/mol. The van der Waals surface area contributed by atoms with Crippen LogP contribution >= 0.6 is 0 Å². The van der Waals surface area contributed by atoms with Crippen LogP contribution in [-0.4, -0.2) is 24.7 Å². The number of hydrogen-bond donors (Lipinski definition) is 1. The average molecular weight is 323 g/mol. The maximum Gasteiger partial charge on any atom is 0.303 e. The number of aryl methyl sites for hydroxylation is 1. The predicted octanol–water partition coefficient (Wildman–Crippen LogP) is 4.70. The second-order valence-electron chi connectivity index (χ2n) is 6.69. The minimum atomic E-state index is -0.732. The SMILES string of the molecule is CCC(CC(=O)O)c1ccc(-c2ccc3c(c2)CCCN3C)cc1. The van der Waals surface area contributed by atoms with Crippen LogP contribution in [0, 0.1) is 0 Å². The Labute approximate surface area is 143 Å². The van der Waals surface area contributed by atoms with Gasteiger partial charge in [-0.3, -0.25) is 4.79 Å². The smallest absolute Gasteiger partial charge is 0.303 e. The fourth-order valence-electron chi connectivity index (χ4n) is 3.62. The van der Waals surface area contributed by atoms with E-state index in [1.807, 2.05) is 6.92 Å². The molecule has 1 aliphatic rings. The number of aliphatic carboxylic acids is 1. The number of carbonyl (C=O) groups is 1. The third kappa shape index (κ3) is 3.45. The van der Waals surface area contributed by atoms with Gasteiger partial charge < -0.3 is 10.0 Å². The average Bonchev–Trinajstić information content (AvgIpc) is 2.59. The van der Waals surface area contributed by atoms with Crippen LogP contribution in [0.25, 0.3) is 11.1 Å². The second kappa shape index (κ2) is 7.08. The molecule has 0 aromatic heterocycles. The van der Waals surface area contributed by atoms with Crippen molar-refractivity contribution in [2.75, 3.05) is 18.5 Å². The molecule has 2 aromatic rings. The second-order valence-corrected chi connectivity index (χ2v) is 6.69. The van der Waals surface area contributed by atoms with Crippen LogP contribution < -0.4 is 4.90 Å². The van der Waals surface area contributed by atoms with E-state index >= 15 is 0 Å². The Balaban J connectivity index is 1.84. The molecule has 0 fully saturated rings. The van der Waals surface area contributed by atoms with Gasteiger partial charge in [-0.05, 0) is 59.6 Å². The standard InChI is InChI=1S/C21H25NO2/c1-3-15(14-21(23)24)16-6-8-17(9-7-16)18-10-11-20-19(13-18)5-4-12-22(20)2/h6-11,13,15H,3-5,12,14H2,1-2H3,(H,23,24). The van der Waals surface area contributed by atoms with E-state index in [-0.39, 0.29) is 12.3 Å². The van der Waals surface area contributed by atoms with Gasteiger partial charge in [0.05, 0.1) is 6.42 Å². The van der Waals surface area contributed by atoms with Gasteiger partial charge >= 0.3 is 5.97 Å². The zero-order valence-corrected chi connectivity index (χ0v) is 14.5.